The van der Waals surface area contributed by atoms with Crippen LogP contribution in [0.4, 0.5) is 4.39 Å². The summed E-state index contributed by atoms with van der Waals surface area (Å²) in [6.45, 7) is 0.0715. The van der Waals surface area contributed by atoms with Crippen LogP contribution in [0.2, 0.25) is 0 Å². The van der Waals surface area contributed by atoms with Gasteiger partial charge in [0.2, 0.25) is 5.91 Å². The molecule has 6 nitrogen and oxygen atoms in total. The Bertz CT molecular complexity index is 646. The topological polar surface area (TPSA) is 98.0 Å². The Morgan fingerprint density at radius 2 is 1.95 bits per heavy atom. The maximum absolute atomic E-state index is 12.9. The third kappa shape index (κ3) is 4.34. The molecular weight excluding hydrogens is 287 g/mol. The molecule has 1 aromatic heterocycles. The average molecular weight is 302 g/mol. The lowest BCUT2D eigenvalue weighted by molar-refractivity contribution is -0.121. The van der Waals surface area contributed by atoms with Crippen LogP contribution in [0.1, 0.15) is 16.1 Å². The summed E-state index contributed by atoms with van der Waals surface area (Å²) in [5.41, 5.74) is 6.27. The first-order chi connectivity index (χ1) is 10.6. The molecule has 0 bridgehead atoms. The van der Waals surface area contributed by atoms with Gasteiger partial charge in [0.15, 0.2) is 0 Å². The second-order valence-corrected chi connectivity index (χ2v) is 4.73. The molecule has 1 heterocycles. The summed E-state index contributed by atoms with van der Waals surface area (Å²) in [5, 5.41) is 2.60. The zero-order chi connectivity index (χ0) is 15.9. The number of primary amides is 1. The molecule has 0 aliphatic rings. The van der Waals surface area contributed by atoms with Crippen molar-refractivity contribution < 1.29 is 14.0 Å². The first-order valence-electron chi connectivity index (χ1n) is 6.64. The van der Waals surface area contributed by atoms with E-state index in [1.54, 1.807) is 12.1 Å². The van der Waals surface area contributed by atoms with Crippen molar-refractivity contribution in [3.05, 3.63) is 59.9 Å². The van der Waals surface area contributed by atoms with Gasteiger partial charge in [0.1, 0.15) is 11.5 Å². The molecule has 7 heteroatoms. The number of nitrogens with one attached hydrogen (secondary N) is 1. The number of hydrogen-bond donors (Lipinski definition) is 2. The fraction of sp³-hybridized carbons (Fsp3) is 0.200. The minimum atomic E-state index is -0.592. The quantitative estimate of drug-likeness (QED) is 0.820. The number of aromatic nitrogens is 2. The van der Waals surface area contributed by atoms with Crippen LogP contribution >= 0.6 is 0 Å². The van der Waals surface area contributed by atoms with Crippen LogP contribution in [0, 0.1) is 11.7 Å². The molecule has 0 saturated heterocycles. The average Bonchev–Trinajstić information content (AvgIpc) is 2.53. The number of rotatable bonds is 6. The van der Waals surface area contributed by atoms with Gasteiger partial charge in [-0.1, -0.05) is 12.1 Å². The van der Waals surface area contributed by atoms with Crippen LogP contribution < -0.4 is 11.1 Å². The van der Waals surface area contributed by atoms with Crippen molar-refractivity contribution in [1.82, 2.24) is 15.3 Å². The van der Waals surface area contributed by atoms with E-state index in [9.17, 15) is 14.0 Å². The maximum Gasteiger partial charge on any atom is 0.271 e. The van der Waals surface area contributed by atoms with Gasteiger partial charge in [-0.05, 0) is 24.1 Å². The van der Waals surface area contributed by atoms with Crippen LogP contribution in [-0.2, 0) is 11.2 Å². The van der Waals surface area contributed by atoms with E-state index in [0.29, 0.717) is 6.42 Å². The van der Waals surface area contributed by atoms with Crippen LogP contribution in [0.3, 0.4) is 0 Å². The van der Waals surface area contributed by atoms with Crippen molar-refractivity contribution in [1.29, 1.82) is 0 Å². The molecule has 0 spiro atoms. The van der Waals surface area contributed by atoms with Gasteiger partial charge in [0, 0.05) is 18.9 Å². The van der Waals surface area contributed by atoms with E-state index in [4.69, 9.17) is 5.73 Å². The van der Waals surface area contributed by atoms with Gasteiger partial charge >= 0.3 is 0 Å². The number of carbonyl (C=O) groups is 2. The maximum atomic E-state index is 12.9. The minimum Gasteiger partial charge on any atom is -0.369 e. The van der Waals surface area contributed by atoms with Gasteiger partial charge in [-0.15, -0.1) is 0 Å². The van der Waals surface area contributed by atoms with Gasteiger partial charge in [-0.3, -0.25) is 14.6 Å². The van der Waals surface area contributed by atoms with E-state index in [2.05, 4.69) is 15.3 Å². The summed E-state index contributed by atoms with van der Waals surface area (Å²) < 4.78 is 12.9. The molecule has 1 aromatic carbocycles. The van der Waals surface area contributed by atoms with Gasteiger partial charge in [-0.25, -0.2) is 9.37 Å². The van der Waals surface area contributed by atoms with E-state index in [1.807, 2.05) is 0 Å². The fourth-order valence-corrected chi connectivity index (χ4v) is 1.90. The summed E-state index contributed by atoms with van der Waals surface area (Å²) in [7, 11) is 0. The van der Waals surface area contributed by atoms with Crippen LogP contribution in [0.15, 0.2) is 42.9 Å². The highest BCUT2D eigenvalue weighted by atomic mass is 19.1. The molecule has 0 unspecified atom stereocenters. The molecule has 0 saturated carbocycles. The number of carbonyl (C=O) groups excluding carboxylic acids is 2. The normalized spacial score (nSPS) is 11.7. The Kier molecular flexibility index (Phi) is 5.13. The van der Waals surface area contributed by atoms with Gasteiger partial charge < -0.3 is 11.1 Å². The number of amides is 2. The van der Waals surface area contributed by atoms with Gasteiger partial charge in [0.05, 0.1) is 12.1 Å². The van der Waals surface area contributed by atoms with Gasteiger partial charge in [-0.2, -0.15) is 0 Å². The number of hydrogen-bond acceptors (Lipinski definition) is 4. The van der Waals surface area contributed by atoms with E-state index in [-0.39, 0.29) is 18.1 Å². The summed E-state index contributed by atoms with van der Waals surface area (Å²) in [6.07, 6.45) is 4.50. The highest BCUT2D eigenvalue weighted by molar-refractivity contribution is 5.92. The lowest BCUT2D eigenvalue weighted by Crippen LogP contribution is -2.37. The lowest BCUT2D eigenvalue weighted by Gasteiger charge is -2.14. The molecule has 22 heavy (non-hydrogen) atoms. The largest absolute Gasteiger partial charge is 0.369 e. The molecule has 2 amide bonds. The summed E-state index contributed by atoms with van der Waals surface area (Å²) >= 11 is 0. The number of nitrogens with zero attached hydrogens (tertiary/aromatic N) is 2. The molecule has 2 aromatic rings. The van der Waals surface area contributed by atoms with Crippen LogP contribution in [-0.4, -0.2) is 28.3 Å². The van der Waals surface area contributed by atoms with E-state index < -0.39 is 17.7 Å². The Morgan fingerprint density at radius 1 is 1.23 bits per heavy atom. The van der Waals surface area contributed by atoms with Crippen molar-refractivity contribution in [2.24, 2.45) is 11.7 Å². The molecule has 0 fully saturated rings. The molecule has 0 radical (unpaired) electrons. The van der Waals surface area contributed by atoms with E-state index >= 15 is 0 Å². The van der Waals surface area contributed by atoms with Crippen molar-refractivity contribution in [2.75, 3.05) is 6.54 Å². The third-order valence-corrected chi connectivity index (χ3v) is 3.10. The molecule has 3 N–H and O–H groups in total. The summed E-state index contributed by atoms with van der Waals surface area (Å²) in [6, 6.07) is 5.78. The molecule has 2 rings (SSSR count). The second-order valence-electron chi connectivity index (χ2n) is 4.73. The predicted molar refractivity (Wildman–Crippen MR) is 77.2 cm³/mol. The van der Waals surface area contributed by atoms with Crippen LogP contribution in [0.25, 0.3) is 0 Å². The predicted octanol–water partition coefficient (Wildman–Crippen LogP) is 0.690. The summed E-state index contributed by atoms with van der Waals surface area (Å²) in [4.78, 5) is 31.0. The highest BCUT2D eigenvalue weighted by Gasteiger charge is 2.18. The number of halogens is 1. The highest BCUT2D eigenvalue weighted by Crippen LogP contribution is 2.09. The van der Waals surface area contributed by atoms with Crippen molar-refractivity contribution in [2.45, 2.75) is 6.42 Å². The Labute approximate surface area is 126 Å². The van der Waals surface area contributed by atoms with Crippen LogP contribution in [0.5, 0.6) is 0 Å². The standard InChI is InChI=1S/C15H15FN4O2/c16-12-3-1-10(2-4-12)7-11(14(17)21)8-20-15(22)13-9-18-5-6-19-13/h1-6,9,11H,7-8H2,(H2,17,21)(H,20,22)/t11-/m0/s1. The fourth-order valence-electron chi connectivity index (χ4n) is 1.90. The monoisotopic (exact) mass is 302 g/mol. The zero-order valence-electron chi connectivity index (χ0n) is 11.7. The van der Waals surface area contributed by atoms with Gasteiger partial charge in [0.25, 0.3) is 5.91 Å². The summed E-state index contributed by atoms with van der Waals surface area (Å²) in [5.74, 6) is -1.91. The number of nitrogens with two attached hydrogens (primary N) is 1. The second kappa shape index (κ2) is 7.26. The first kappa shape index (κ1) is 15.6. The smallest absolute Gasteiger partial charge is 0.271 e. The Balaban J connectivity index is 1.96. The number of benzene rings is 1. The van der Waals surface area contributed by atoms with Crippen molar-refractivity contribution in [3.8, 4) is 0 Å². The third-order valence-electron chi connectivity index (χ3n) is 3.10. The molecule has 0 aliphatic carbocycles. The molecular formula is C15H15FN4O2. The Morgan fingerprint density at radius 3 is 2.55 bits per heavy atom. The zero-order valence-corrected chi connectivity index (χ0v) is 11.7. The Hall–Kier alpha value is -2.83. The first-order valence-corrected chi connectivity index (χ1v) is 6.64. The SMILES string of the molecule is NC(=O)[C@H](CNC(=O)c1cnccn1)Cc1ccc(F)cc1. The minimum absolute atomic E-state index is 0.0715. The van der Waals surface area contributed by atoms with E-state index in [1.165, 1.54) is 30.7 Å². The lowest BCUT2D eigenvalue weighted by atomic mass is 9.98. The molecule has 1 atom stereocenters. The van der Waals surface area contributed by atoms with Crippen molar-refractivity contribution in [3.63, 3.8) is 0 Å². The van der Waals surface area contributed by atoms with E-state index in [0.717, 1.165) is 5.56 Å². The molecule has 114 valence electrons. The molecule has 0 aliphatic heterocycles. The van der Waals surface area contributed by atoms with Crippen molar-refractivity contribution >= 4 is 11.8 Å².